The largest absolute Gasteiger partial charge is 0.318 e. The Labute approximate surface area is 235 Å². The van der Waals surface area contributed by atoms with Gasteiger partial charge in [0, 0.05) is 34.1 Å². The van der Waals surface area contributed by atoms with E-state index in [1.165, 1.54) is 27.8 Å². The molecule has 0 aliphatic heterocycles. The summed E-state index contributed by atoms with van der Waals surface area (Å²) in [7, 11) is 0. The molecule has 6 rings (SSSR count). The summed E-state index contributed by atoms with van der Waals surface area (Å²) >= 11 is 2.96. The average molecular weight is 552 g/mol. The number of carbonyl (C=O) groups excluding carboxylic acids is 1. The zero-order valence-electron chi connectivity index (χ0n) is 22.1. The van der Waals surface area contributed by atoms with Gasteiger partial charge in [0.25, 0.3) is 5.56 Å². The number of hydrogen-bond acceptors (Lipinski definition) is 5. The van der Waals surface area contributed by atoms with Crippen molar-refractivity contribution in [3.8, 4) is 16.8 Å². The van der Waals surface area contributed by atoms with E-state index < -0.39 is 0 Å². The Morgan fingerprint density at radius 3 is 2.56 bits per heavy atom. The van der Waals surface area contributed by atoms with Gasteiger partial charge in [0.05, 0.1) is 11.1 Å². The molecule has 5 aromatic rings. The molecule has 0 bridgehead atoms. The minimum atomic E-state index is -0.0219. The van der Waals surface area contributed by atoms with E-state index >= 15 is 0 Å². The third-order valence-corrected chi connectivity index (χ3v) is 9.56. The number of hydrogen-bond donors (Lipinski definition) is 0. The summed E-state index contributed by atoms with van der Waals surface area (Å²) in [4.78, 5) is 33.8. The number of thioether (sulfide) groups is 1. The molecule has 3 aromatic heterocycles. The van der Waals surface area contributed by atoms with E-state index in [0.29, 0.717) is 17.3 Å². The summed E-state index contributed by atoms with van der Waals surface area (Å²) in [5.41, 5.74) is 7.10. The van der Waals surface area contributed by atoms with Gasteiger partial charge in [-0.2, -0.15) is 0 Å². The number of fused-ring (bicyclic) bond motifs is 3. The molecule has 2 aromatic carbocycles. The smallest absolute Gasteiger partial charge is 0.263 e. The van der Waals surface area contributed by atoms with Gasteiger partial charge in [-0.15, -0.1) is 17.9 Å². The zero-order chi connectivity index (χ0) is 27.1. The second kappa shape index (κ2) is 10.5. The van der Waals surface area contributed by atoms with Crippen LogP contribution in [0.5, 0.6) is 0 Å². The van der Waals surface area contributed by atoms with Crippen LogP contribution in [-0.4, -0.2) is 25.7 Å². The SMILES string of the molecule is C=CCn1c(SCC(=O)c2cc(C)n(-c3ccc(-c4ccccc4)cc3)c2C)nc2sc3c(c2c1=O)CCC3. The molecular weight excluding hydrogens is 523 g/mol. The molecule has 1 aliphatic carbocycles. The van der Waals surface area contributed by atoms with Crippen LogP contribution in [0.15, 0.2) is 83.3 Å². The average Bonchev–Trinajstić information content (AvgIpc) is 3.62. The standard InChI is InChI=1S/C32H29N3O2S2/c1-4-17-34-31(37)29-25-11-8-12-28(25)39-30(29)33-32(34)38-19-27(36)26-18-20(2)35(21(26)3)24-15-13-23(14-16-24)22-9-6-5-7-10-22/h4-7,9-10,13-16,18H,1,8,11-12,17,19H2,2-3H3. The highest BCUT2D eigenvalue weighted by Gasteiger charge is 2.24. The van der Waals surface area contributed by atoms with Gasteiger partial charge in [-0.3, -0.25) is 14.2 Å². The number of allylic oxidation sites excluding steroid dienone is 1. The normalized spacial score (nSPS) is 12.7. The Balaban J connectivity index is 1.26. The number of nitrogens with zero attached hydrogens (tertiary/aromatic N) is 3. The van der Waals surface area contributed by atoms with Crippen LogP contribution in [0, 0.1) is 13.8 Å². The van der Waals surface area contributed by atoms with Gasteiger partial charge in [-0.05, 0) is 68.0 Å². The van der Waals surface area contributed by atoms with Gasteiger partial charge in [0.2, 0.25) is 0 Å². The Bertz CT molecular complexity index is 1780. The highest BCUT2D eigenvalue weighted by Crippen LogP contribution is 2.36. The number of rotatable bonds is 8. The van der Waals surface area contributed by atoms with E-state index in [1.54, 1.807) is 22.0 Å². The molecular formula is C32H29N3O2S2. The molecule has 0 N–H and O–H groups in total. The van der Waals surface area contributed by atoms with Crippen LogP contribution in [0.25, 0.3) is 27.0 Å². The molecule has 0 saturated carbocycles. The Kier molecular flexibility index (Phi) is 6.87. The molecule has 0 radical (unpaired) electrons. The molecule has 0 unspecified atom stereocenters. The van der Waals surface area contributed by atoms with Gasteiger partial charge >= 0.3 is 0 Å². The summed E-state index contributed by atoms with van der Waals surface area (Å²) in [6.07, 6.45) is 4.77. The predicted molar refractivity (Wildman–Crippen MR) is 162 cm³/mol. The minimum Gasteiger partial charge on any atom is -0.318 e. The van der Waals surface area contributed by atoms with Gasteiger partial charge in [-0.25, -0.2) is 4.98 Å². The van der Waals surface area contributed by atoms with Crippen LogP contribution in [-0.2, 0) is 19.4 Å². The van der Waals surface area contributed by atoms with E-state index in [4.69, 9.17) is 4.98 Å². The number of carbonyl (C=O) groups is 1. The zero-order valence-corrected chi connectivity index (χ0v) is 23.7. The fraction of sp³-hybridized carbons (Fsp3) is 0.219. The first-order valence-corrected chi connectivity index (χ1v) is 14.9. The number of Topliss-reactive ketones (excluding diaryl/α,β-unsaturated/α-hetero) is 1. The Morgan fingerprint density at radius 2 is 1.82 bits per heavy atom. The van der Waals surface area contributed by atoms with Crippen LogP contribution in [0.2, 0.25) is 0 Å². The van der Waals surface area contributed by atoms with Crippen LogP contribution in [0.1, 0.15) is 38.6 Å². The highest BCUT2D eigenvalue weighted by atomic mass is 32.2. The molecule has 7 heteroatoms. The first-order chi connectivity index (χ1) is 19.0. The summed E-state index contributed by atoms with van der Waals surface area (Å²) in [6, 6.07) is 20.7. The number of ketones is 1. The molecule has 0 atom stereocenters. The topological polar surface area (TPSA) is 56.9 Å². The first-order valence-electron chi connectivity index (χ1n) is 13.1. The summed E-state index contributed by atoms with van der Waals surface area (Å²) < 4.78 is 3.79. The molecule has 0 amide bonds. The van der Waals surface area contributed by atoms with Crippen molar-refractivity contribution in [2.45, 2.75) is 44.8 Å². The molecule has 5 nitrogen and oxygen atoms in total. The maximum atomic E-state index is 13.4. The number of thiophene rings is 1. The van der Waals surface area contributed by atoms with Crippen molar-refractivity contribution < 1.29 is 4.79 Å². The van der Waals surface area contributed by atoms with Gasteiger partial charge in [-0.1, -0.05) is 60.3 Å². The molecule has 0 saturated heterocycles. The van der Waals surface area contributed by atoms with Crippen molar-refractivity contribution in [3.05, 3.63) is 111 Å². The van der Waals surface area contributed by atoms with Crippen molar-refractivity contribution >= 4 is 39.1 Å². The maximum absolute atomic E-state index is 13.4. The summed E-state index contributed by atoms with van der Waals surface area (Å²) in [5.74, 6) is 0.227. The third-order valence-electron chi connectivity index (χ3n) is 7.40. The molecule has 3 heterocycles. The lowest BCUT2D eigenvalue weighted by atomic mass is 10.1. The van der Waals surface area contributed by atoms with Crippen LogP contribution < -0.4 is 5.56 Å². The van der Waals surface area contributed by atoms with Crippen molar-refractivity contribution in [3.63, 3.8) is 0 Å². The molecule has 1 aliphatic rings. The van der Waals surface area contributed by atoms with Crippen LogP contribution >= 0.6 is 23.1 Å². The maximum Gasteiger partial charge on any atom is 0.263 e. The van der Waals surface area contributed by atoms with Crippen molar-refractivity contribution in [1.82, 2.24) is 14.1 Å². The molecule has 39 heavy (non-hydrogen) atoms. The van der Waals surface area contributed by atoms with Gasteiger partial charge in [0.15, 0.2) is 10.9 Å². The fourth-order valence-electron chi connectivity index (χ4n) is 5.54. The van der Waals surface area contributed by atoms with E-state index in [1.807, 2.05) is 38.1 Å². The second-order valence-corrected chi connectivity index (χ2v) is 11.9. The third kappa shape index (κ3) is 4.60. The van der Waals surface area contributed by atoms with Gasteiger partial charge in [0.1, 0.15) is 4.83 Å². The van der Waals surface area contributed by atoms with Crippen molar-refractivity contribution in [1.29, 1.82) is 0 Å². The molecule has 0 fully saturated rings. The lowest BCUT2D eigenvalue weighted by molar-refractivity contribution is 0.102. The molecule has 196 valence electrons. The van der Waals surface area contributed by atoms with E-state index in [-0.39, 0.29) is 17.1 Å². The fourth-order valence-corrected chi connectivity index (χ4v) is 7.74. The van der Waals surface area contributed by atoms with Crippen molar-refractivity contribution in [2.24, 2.45) is 0 Å². The number of aromatic nitrogens is 3. The monoisotopic (exact) mass is 551 g/mol. The van der Waals surface area contributed by atoms with E-state index in [2.05, 4.69) is 47.5 Å². The number of benzene rings is 2. The highest BCUT2D eigenvalue weighted by molar-refractivity contribution is 7.99. The lowest BCUT2D eigenvalue weighted by Crippen LogP contribution is -2.23. The summed E-state index contributed by atoms with van der Waals surface area (Å²) in [6.45, 7) is 8.21. The van der Waals surface area contributed by atoms with Crippen LogP contribution in [0.4, 0.5) is 0 Å². The van der Waals surface area contributed by atoms with E-state index in [9.17, 15) is 9.59 Å². The lowest BCUT2D eigenvalue weighted by Gasteiger charge is -2.12. The Hall–Kier alpha value is -3.68. The Morgan fingerprint density at radius 1 is 1.08 bits per heavy atom. The van der Waals surface area contributed by atoms with Gasteiger partial charge < -0.3 is 4.57 Å². The first kappa shape index (κ1) is 25.6. The molecule has 0 spiro atoms. The minimum absolute atomic E-state index is 0.0217. The number of aryl methyl sites for hydroxylation is 3. The predicted octanol–water partition coefficient (Wildman–Crippen LogP) is 7.18. The van der Waals surface area contributed by atoms with Crippen molar-refractivity contribution in [2.75, 3.05) is 5.75 Å². The van der Waals surface area contributed by atoms with Crippen LogP contribution in [0.3, 0.4) is 0 Å². The quantitative estimate of drug-likeness (QED) is 0.0887. The second-order valence-electron chi connectivity index (χ2n) is 9.88. The van der Waals surface area contributed by atoms with E-state index in [0.717, 1.165) is 52.1 Å². The summed E-state index contributed by atoms with van der Waals surface area (Å²) in [5, 5.41) is 1.33.